The van der Waals surface area contributed by atoms with Gasteiger partial charge in [-0.05, 0) is 74.1 Å². The van der Waals surface area contributed by atoms with Crippen LogP contribution in [0.2, 0.25) is 0 Å². The quantitative estimate of drug-likeness (QED) is 0.0495. The first kappa shape index (κ1) is 34.5. The number of carbonyl (C=O) groups excluding carboxylic acids is 5. The van der Waals surface area contributed by atoms with Gasteiger partial charge >= 0.3 is 0 Å². The van der Waals surface area contributed by atoms with Crippen LogP contribution < -0.4 is 5.73 Å². The van der Waals surface area contributed by atoms with Gasteiger partial charge in [0.05, 0.1) is 13.0 Å². The maximum atomic E-state index is 14.0. The number of primary amides is 1. The topological polar surface area (TPSA) is 118 Å². The number of carbonyl (C=O) groups is 5. The van der Waals surface area contributed by atoms with Crippen molar-refractivity contribution >= 4 is 72.6 Å². The monoisotopic (exact) mass is 705 g/mol. The van der Waals surface area contributed by atoms with Crippen molar-refractivity contribution < 1.29 is 24.0 Å². The molecule has 2 heterocycles. The van der Waals surface area contributed by atoms with Crippen molar-refractivity contribution in [3.8, 4) is 0 Å². The fourth-order valence-corrected chi connectivity index (χ4v) is 8.62. The molecule has 0 aromatic heterocycles. The summed E-state index contributed by atoms with van der Waals surface area (Å²) in [6.45, 7) is 2.73. The van der Waals surface area contributed by atoms with Crippen molar-refractivity contribution in [1.82, 2.24) is 9.80 Å². The van der Waals surface area contributed by atoms with E-state index in [1.165, 1.54) is 54.7 Å². The van der Waals surface area contributed by atoms with E-state index < -0.39 is 5.91 Å². The normalized spacial score (nSPS) is 14.2. The molecular weight excluding hydrogens is 663 g/mol. The number of nitrogens with zero attached hydrogens (tertiary/aromatic N) is 2. The summed E-state index contributed by atoms with van der Waals surface area (Å²) in [5.41, 5.74) is 8.81. The van der Waals surface area contributed by atoms with Crippen molar-refractivity contribution in [3.63, 3.8) is 0 Å². The van der Waals surface area contributed by atoms with Gasteiger partial charge < -0.3 is 5.73 Å². The molecule has 2 aliphatic heterocycles. The Labute approximate surface area is 308 Å². The minimum atomic E-state index is -0.429. The van der Waals surface area contributed by atoms with Crippen LogP contribution in [0.15, 0.2) is 72.8 Å². The van der Waals surface area contributed by atoms with E-state index in [9.17, 15) is 24.0 Å². The van der Waals surface area contributed by atoms with Crippen LogP contribution in [0.1, 0.15) is 124 Å². The predicted molar refractivity (Wildman–Crippen MR) is 208 cm³/mol. The summed E-state index contributed by atoms with van der Waals surface area (Å²) in [6.07, 6.45) is 11.9. The fourth-order valence-electron chi connectivity index (χ4n) is 8.62. The molecule has 8 nitrogen and oxygen atoms in total. The number of hydrogen-bond acceptors (Lipinski definition) is 5. The smallest absolute Gasteiger partial charge is 0.261 e. The van der Waals surface area contributed by atoms with Gasteiger partial charge in [0.25, 0.3) is 23.6 Å². The molecule has 0 fully saturated rings. The zero-order valence-electron chi connectivity index (χ0n) is 30.1. The standard InChI is InChI=1S/C45H43N3O5/c1-2-3-4-5-6-7-8-9-10-11-24-47-42(50)33-20-16-29-31-18-22-35-41-36(23-19-32(39(31)41)30-17-21-34(43(47)51)40(33)38(29)30)45(53)48(44(35)52)26-28-14-12-27(13-15-28)25-37(46)49/h12-23H,2-11,24-26H2,1H3,(H2,46,49). The minimum absolute atomic E-state index is 0.0882. The Balaban J connectivity index is 1.09. The molecule has 0 radical (unpaired) electrons. The Kier molecular flexibility index (Phi) is 9.15. The van der Waals surface area contributed by atoms with Crippen LogP contribution in [0.25, 0.3) is 43.1 Å². The maximum Gasteiger partial charge on any atom is 0.261 e. The van der Waals surface area contributed by atoms with Gasteiger partial charge in [0.1, 0.15) is 0 Å². The second-order valence-corrected chi connectivity index (χ2v) is 14.7. The van der Waals surface area contributed by atoms with E-state index in [1.54, 1.807) is 36.4 Å². The van der Waals surface area contributed by atoms with E-state index in [2.05, 4.69) is 6.92 Å². The van der Waals surface area contributed by atoms with Crippen LogP contribution in [-0.4, -0.2) is 45.9 Å². The molecule has 5 amide bonds. The molecule has 2 aliphatic rings. The zero-order valence-corrected chi connectivity index (χ0v) is 30.1. The lowest BCUT2D eigenvalue weighted by atomic mass is 9.82. The Bertz CT molecular complexity index is 2350. The third-order valence-electron chi connectivity index (χ3n) is 11.3. The van der Waals surface area contributed by atoms with Gasteiger partial charge in [-0.15, -0.1) is 0 Å². The zero-order chi connectivity index (χ0) is 36.8. The highest BCUT2D eigenvalue weighted by atomic mass is 16.2. The lowest BCUT2D eigenvalue weighted by Crippen LogP contribution is -2.40. The van der Waals surface area contributed by atoms with Crippen LogP contribution in [0, 0.1) is 0 Å². The van der Waals surface area contributed by atoms with Crippen LogP contribution in [0.5, 0.6) is 0 Å². The third-order valence-corrected chi connectivity index (χ3v) is 11.3. The number of imide groups is 2. The summed E-state index contributed by atoms with van der Waals surface area (Å²) < 4.78 is 0. The molecule has 0 spiro atoms. The Morgan fingerprint density at radius 3 is 1.26 bits per heavy atom. The van der Waals surface area contributed by atoms with Crippen molar-refractivity contribution in [3.05, 3.63) is 106 Å². The molecule has 0 saturated heterocycles. The van der Waals surface area contributed by atoms with E-state index >= 15 is 0 Å². The molecule has 0 aliphatic carbocycles. The average molecular weight is 706 g/mol. The molecular formula is C45H43N3O5. The molecule has 0 saturated carbocycles. The number of benzene rings is 6. The second-order valence-electron chi connectivity index (χ2n) is 14.7. The summed E-state index contributed by atoms with van der Waals surface area (Å²) in [5.74, 6) is -1.68. The predicted octanol–water partition coefficient (Wildman–Crippen LogP) is 9.08. The number of nitrogens with two attached hydrogens (primary N) is 1. The van der Waals surface area contributed by atoms with E-state index in [0.29, 0.717) is 39.6 Å². The van der Waals surface area contributed by atoms with Gasteiger partial charge in [-0.25, -0.2) is 0 Å². The van der Waals surface area contributed by atoms with Crippen molar-refractivity contribution in [2.75, 3.05) is 6.54 Å². The van der Waals surface area contributed by atoms with E-state index in [-0.39, 0.29) is 36.6 Å². The van der Waals surface area contributed by atoms with Gasteiger partial charge in [0.2, 0.25) is 5.91 Å². The Hall–Kier alpha value is -5.63. The van der Waals surface area contributed by atoms with Gasteiger partial charge in [-0.3, -0.25) is 33.8 Å². The van der Waals surface area contributed by atoms with E-state index in [0.717, 1.165) is 62.7 Å². The lowest BCUT2D eigenvalue weighted by Gasteiger charge is -2.30. The summed E-state index contributed by atoms with van der Waals surface area (Å²) in [6, 6.07) is 22.1. The average Bonchev–Trinajstić information content (AvgIpc) is 3.16. The number of amides is 5. The highest BCUT2D eigenvalue weighted by molar-refractivity contribution is 6.41. The number of hydrogen-bond donors (Lipinski definition) is 1. The Morgan fingerprint density at radius 2 is 0.849 bits per heavy atom. The van der Waals surface area contributed by atoms with Crippen LogP contribution in [0.3, 0.4) is 0 Å². The molecule has 53 heavy (non-hydrogen) atoms. The number of fused-ring (bicyclic) bond motifs is 2. The number of unbranched alkanes of at least 4 members (excludes halogenated alkanes) is 9. The van der Waals surface area contributed by atoms with Crippen molar-refractivity contribution in [2.45, 2.75) is 84.1 Å². The minimum Gasteiger partial charge on any atom is -0.369 e. The van der Waals surface area contributed by atoms with E-state index in [4.69, 9.17) is 5.73 Å². The third kappa shape index (κ3) is 5.90. The molecule has 8 rings (SSSR count). The summed E-state index contributed by atoms with van der Waals surface area (Å²) >= 11 is 0. The molecule has 6 aromatic rings. The second kappa shape index (κ2) is 14.1. The first-order valence-corrected chi connectivity index (χ1v) is 19.1. The maximum absolute atomic E-state index is 14.0. The van der Waals surface area contributed by atoms with Gasteiger partial charge in [0.15, 0.2) is 0 Å². The first-order chi connectivity index (χ1) is 25.8. The molecule has 268 valence electrons. The van der Waals surface area contributed by atoms with E-state index in [1.807, 2.05) is 36.4 Å². The fraction of sp³-hybridized carbons (Fsp3) is 0.311. The molecule has 0 atom stereocenters. The van der Waals surface area contributed by atoms with Gasteiger partial charge in [-0.1, -0.05) is 113 Å². The van der Waals surface area contributed by atoms with Gasteiger partial charge in [0, 0.05) is 39.6 Å². The highest BCUT2D eigenvalue weighted by Crippen LogP contribution is 2.46. The summed E-state index contributed by atoms with van der Waals surface area (Å²) in [4.78, 5) is 69.8. The molecule has 2 N–H and O–H groups in total. The lowest BCUT2D eigenvalue weighted by molar-refractivity contribution is -0.117. The SMILES string of the molecule is CCCCCCCCCCCCN1C(=O)c2ccc3c4ccc5c6c(ccc(c7ccc(c2c37)C1=O)c64)C(=O)N(Cc1ccc(CC(N)=O)cc1)C5=O. The summed E-state index contributed by atoms with van der Waals surface area (Å²) in [5, 5.41) is 6.45. The van der Waals surface area contributed by atoms with Crippen molar-refractivity contribution in [2.24, 2.45) is 5.73 Å². The van der Waals surface area contributed by atoms with Crippen LogP contribution in [-0.2, 0) is 17.8 Å². The Morgan fingerprint density at radius 1 is 0.472 bits per heavy atom. The molecule has 8 heteroatoms. The van der Waals surface area contributed by atoms with Crippen LogP contribution >= 0.6 is 0 Å². The van der Waals surface area contributed by atoms with Crippen molar-refractivity contribution in [1.29, 1.82) is 0 Å². The number of rotatable bonds is 15. The molecule has 0 bridgehead atoms. The highest BCUT2D eigenvalue weighted by Gasteiger charge is 2.36. The largest absolute Gasteiger partial charge is 0.369 e. The van der Waals surface area contributed by atoms with Gasteiger partial charge in [-0.2, -0.15) is 0 Å². The molecule has 6 aromatic carbocycles. The van der Waals surface area contributed by atoms with Crippen LogP contribution in [0.4, 0.5) is 0 Å². The molecule has 0 unspecified atom stereocenters. The summed E-state index contributed by atoms with van der Waals surface area (Å²) in [7, 11) is 0. The first-order valence-electron chi connectivity index (χ1n) is 19.1.